The summed E-state index contributed by atoms with van der Waals surface area (Å²) in [6.07, 6.45) is -4.15. The molecule has 12 nitrogen and oxygen atoms in total. The number of fused-ring (bicyclic) bond motifs is 1. The molecule has 2 aromatic carbocycles. The van der Waals surface area contributed by atoms with E-state index in [1.165, 1.54) is 23.5 Å². The molecule has 1 atom stereocenters. The molecule has 5 aromatic rings. The maximum absolute atomic E-state index is 12.6. The van der Waals surface area contributed by atoms with Crippen molar-refractivity contribution in [2.24, 2.45) is 0 Å². The van der Waals surface area contributed by atoms with Crippen LogP contribution in [-0.2, 0) is 22.4 Å². The Bertz CT molecular complexity index is 1790. The number of hydrogen-bond donors (Lipinski definition) is 2. The first-order valence-electron chi connectivity index (χ1n) is 13.4. The molecule has 6 rings (SSSR count). The molecule has 0 bridgehead atoms. The van der Waals surface area contributed by atoms with E-state index in [0.29, 0.717) is 40.9 Å². The summed E-state index contributed by atoms with van der Waals surface area (Å²) in [7, 11) is 0. The Kier molecular flexibility index (Phi) is 8.06. The fourth-order valence-electron chi connectivity index (χ4n) is 4.79. The van der Waals surface area contributed by atoms with Crippen LogP contribution in [-0.4, -0.2) is 56.8 Å². The molecular weight excluding hydrogens is 601 g/mol. The largest absolute Gasteiger partial charge is 0.573 e. The first kappa shape index (κ1) is 29.0. The standard InChI is InChI=1S/C28H23F3N8O4S/c29-28(30,31)42-18-5-3-4-16(12-18)13-24(40)32-22-8-9-23(35-34-22)39-11-10-17(15-39)26-36-37-27(44-26)33-25(41)14-20-19-6-1-2-7-21(19)43-38-20/h1-9,12,17H,10-11,13-15H2,(H,32,34,40)(H,33,37,41). The first-order chi connectivity index (χ1) is 21.2. The number of hydrogen-bond acceptors (Lipinski definition) is 11. The maximum Gasteiger partial charge on any atom is 0.573 e. The zero-order chi connectivity index (χ0) is 30.7. The Morgan fingerprint density at radius 3 is 2.64 bits per heavy atom. The highest BCUT2D eigenvalue weighted by Crippen LogP contribution is 2.33. The van der Waals surface area contributed by atoms with Gasteiger partial charge >= 0.3 is 6.36 Å². The van der Waals surface area contributed by atoms with Crippen LogP contribution in [0.2, 0.25) is 0 Å². The number of aromatic nitrogens is 5. The number of nitrogens with one attached hydrogen (secondary N) is 2. The van der Waals surface area contributed by atoms with E-state index in [1.54, 1.807) is 18.2 Å². The van der Waals surface area contributed by atoms with E-state index < -0.39 is 18.0 Å². The van der Waals surface area contributed by atoms with Crippen molar-refractivity contribution in [3.05, 3.63) is 76.9 Å². The molecule has 1 fully saturated rings. The molecule has 1 unspecified atom stereocenters. The van der Waals surface area contributed by atoms with E-state index in [9.17, 15) is 22.8 Å². The number of ether oxygens (including phenoxy) is 1. The number of para-hydroxylation sites is 1. The second-order valence-electron chi connectivity index (χ2n) is 9.92. The van der Waals surface area contributed by atoms with Crippen molar-refractivity contribution in [3.8, 4) is 5.75 Å². The quantitative estimate of drug-likeness (QED) is 0.236. The Labute approximate surface area is 251 Å². The molecule has 1 aliphatic heterocycles. The van der Waals surface area contributed by atoms with Gasteiger partial charge in [-0.1, -0.05) is 40.8 Å². The lowest BCUT2D eigenvalue weighted by atomic mass is 10.1. The van der Waals surface area contributed by atoms with Crippen LogP contribution in [0.1, 0.15) is 28.6 Å². The zero-order valence-electron chi connectivity index (χ0n) is 22.7. The lowest BCUT2D eigenvalue weighted by molar-refractivity contribution is -0.274. The second-order valence-corrected chi connectivity index (χ2v) is 10.9. The van der Waals surface area contributed by atoms with E-state index in [-0.39, 0.29) is 30.5 Å². The van der Waals surface area contributed by atoms with E-state index in [4.69, 9.17) is 4.52 Å². The van der Waals surface area contributed by atoms with Gasteiger partial charge in [0.1, 0.15) is 16.5 Å². The van der Waals surface area contributed by atoms with Gasteiger partial charge in [-0.3, -0.25) is 9.59 Å². The smallest absolute Gasteiger partial charge is 0.406 e. The first-order valence-corrected chi connectivity index (χ1v) is 14.2. The van der Waals surface area contributed by atoms with Crippen molar-refractivity contribution in [3.63, 3.8) is 0 Å². The lowest BCUT2D eigenvalue weighted by Crippen LogP contribution is -2.21. The van der Waals surface area contributed by atoms with Crippen LogP contribution in [0.25, 0.3) is 11.0 Å². The number of benzene rings is 2. The number of alkyl halides is 3. The molecular formula is C28H23F3N8O4S. The SMILES string of the molecule is O=C(Cc1cccc(OC(F)(F)F)c1)Nc1ccc(N2CCC(c3nnc(NC(=O)Cc4noc5ccccc45)s3)C2)nn1. The number of halogens is 3. The third-order valence-corrected chi connectivity index (χ3v) is 7.74. The molecule has 2 amide bonds. The van der Waals surface area contributed by atoms with Gasteiger partial charge in [0.05, 0.1) is 12.8 Å². The van der Waals surface area contributed by atoms with Gasteiger partial charge in [-0.05, 0) is 48.4 Å². The predicted molar refractivity (Wildman–Crippen MR) is 153 cm³/mol. The average molecular weight is 625 g/mol. The monoisotopic (exact) mass is 624 g/mol. The number of carbonyl (C=O) groups excluding carboxylic acids is 2. The summed E-state index contributed by atoms with van der Waals surface area (Å²) >= 11 is 1.31. The van der Waals surface area contributed by atoms with Gasteiger partial charge in [0, 0.05) is 24.4 Å². The topological polar surface area (TPSA) is 148 Å². The summed E-state index contributed by atoms with van der Waals surface area (Å²) in [4.78, 5) is 27.0. The number of nitrogens with zero attached hydrogens (tertiary/aromatic N) is 6. The molecule has 2 N–H and O–H groups in total. The highest BCUT2D eigenvalue weighted by Gasteiger charge is 2.31. The summed E-state index contributed by atoms with van der Waals surface area (Å²) in [5.41, 5.74) is 1.51. The fraction of sp³-hybridized carbons (Fsp3) is 0.250. The van der Waals surface area contributed by atoms with Crippen LogP contribution in [0.3, 0.4) is 0 Å². The molecule has 1 saturated heterocycles. The van der Waals surface area contributed by atoms with Gasteiger partial charge in [-0.15, -0.1) is 33.6 Å². The minimum Gasteiger partial charge on any atom is -0.406 e. The molecule has 4 heterocycles. The van der Waals surface area contributed by atoms with Crippen molar-refractivity contribution in [1.29, 1.82) is 0 Å². The Morgan fingerprint density at radius 1 is 0.977 bits per heavy atom. The van der Waals surface area contributed by atoms with Crippen molar-refractivity contribution >= 4 is 50.9 Å². The van der Waals surface area contributed by atoms with Gasteiger partial charge < -0.3 is 24.8 Å². The Morgan fingerprint density at radius 2 is 1.82 bits per heavy atom. The number of amides is 2. The third kappa shape index (κ3) is 7.08. The van der Waals surface area contributed by atoms with Crippen LogP contribution >= 0.6 is 11.3 Å². The molecule has 0 aliphatic carbocycles. The van der Waals surface area contributed by atoms with Crippen LogP contribution < -0.4 is 20.3 Å². The van der Waals surface area contributed by atoms with Crippen molar-refractivity contribution < 1.29 is 32.0 Å². The summed E-state index contributed by atoms with van der Waals surface area (Å²) < 4.78 is 46.5. The maximum atomic E-state index is 12.6. The predicted octanol–water partition coefficient (Wildman–Crippen LogP) is 4.72. The number of anilines is 3. The van der Waals surface area contributed by atoms with Gasteiger partial charge in [-0.2, -0.15) is 0 Å². The van der Waals surface area contributed by atoms with E-state index in [0.717, 1.165) is 28.9 Å². The lowest BCUT2D eigenvalue weighted by Gasteiger charge is -2.16. The average Bonchev–Trinajstić information content (AvgIpc) is 3.73. The van der Waals surface area contributed by atoms with Crippen LogP contribution in [0.4, 0.5) is 29.9 Å². The van der Waals surface area contributed by atoms with Gasteiger partial charge in [-0.25, -0.2) is 0 Å². The van der Waals surface area contributed by atoms with Crippen LogP contribution in [0.5, 0.6) is 5.75 Å². The molecule has 44 heavy (non-hydrogen) atoms. The van der Waals surface area contributed by atoms with Gasteiger partial charge in [0.25, 0.3) is 0 Å². The summed E-state index contributed by atoms with van der Waals surface area (Å²) in [5.74, 6) is -0.240. The van der Waals surface area contributed by atoms with E-state index in [1.807, 2.05) is 23.1 Å². The van der Waals surface area contributed by atoms with Gasteiger partial charge in [0.2, 0.25) is 16.9 Å². The molecule has 0 radical (unpaired) electrons. The summed E-state index contributed by atoms with van der Waals surface area (Å²) in [6, 6.07) is 15.9. The zero-order valence-corrected chi connectivity index (χ0v) is 23.6. The van der Waals surface area contributed by atoms with Crippen LogP contribution in [0, 0.1) is 0 Å². The third-order valence-electron chi connectivity index (χ3n) is 6.74. The second kappa shape index (κ2) is 12.2. The highest BCUT2D eigenvalue weighted by atomic mass is 32.1. The minimum atomic E-state index is -4.82. The highest BCUT2D eigenvalue weighted by molar-refractivity contribution is 7.15. The molecule has 0 saturated carbocycles. The van der Waals surface area contributed by atoms with E-state index in [2.05, 4.69) is 40.9 Å². The Hall–Kier alpha value is -5.12. The molecule has 0 spiro atoms. The summed E-state index contributed by atoms with van der Waals surface area (Å²) in [5, 5.41) is 28.0. The van der Waals surface area contributed by atoms with Gasteiger partial charge in [0.15, 0.2) is 17.2 Å². The Balaban J connectivity index is 0.994. The normalized spacial score (nSPS) is 15.0. The molecule has 1 aliphatic rings. The minimum absolute atomic E-state index is 0.0440. The fourth-order valence-corrected chi connectivity index (χ4v) is 5.67. The van der Waals surface area contributed by atoms with Crippen molar-refractivity contribution in [2.75, 3.05) is 28.6 Å². The number of rotatable bonds is 9. The van der Waals surface area contributed by atoms with E-state index >= 15 is 0 Å². The molecule has 226 valence electrons. The van der Waals surface area contributed by atoms with Crippen molar-refractivity contribution in [2.45, 2.75) is 31.5 Å². The van der Waals surface area contributed by atoms with Crippen molar-refractivity contribution in [1.82, 2.24) is 25.6 Å². The molecule has 3 aromatic heterocycles. The molecule has 16 heteroatoms. The summed E-state index contributed by atoms with van der Waals surface area (Å²) in [6.45, 7) is 1.31. The number of carbonyl (C=O) groups is 2. The van der Waals surface area contributed by atoms with Crippen LogP contribution in [0.15, 0.2) is 65.2 Å².